The molecule has 0 unspecified atom stereocenters. The van der Waals surface area contributed by atoms with Crippen LogP contribution in [0, 0.1) is 19.7 Å². The summed E-state index contributed by atoms with van der Waals surface area (Å²) < 4.78 is 20.5. The van der Waals surface area contributed by atoms with E-state index in [0.717, 1.165) is 16.7 Å². The number of carbonyl (C=O) groups excluding carboxylic acids is 2. The van der Waals surface area contributed by atoms with Crippen molar-refractivity contribution in [3.63, 3.8) is 0 Å². The minimum atomic E-state index is -0.313. The molecule has 1 aliphatic rings. The highest BCUT2D eigenvalue weighted by Gasteiger charge is 2.29. The minimum absolute atomic E-state index is 0.174. The molecule has 0 bridgehead atoms. The summed E-state index contributed by atoms with van der Waals surface area (Å²) in [4.78, 5) is 28.7. The number of morpholine rings is 1. The number of amides is 1. The van der Waals surface area contributed by atoms with Crippen LogP contribution < -0.4 is 0 Å². The molecule has 3 aromatic rings. The summed E-state index contributed by atoms with van der Waals surface area (Å²) in [5, 5.41) is 0. The lowest BCUT2D eigenvalue weighted by Gasteiger charge is -2.27. The van der Waals surface area contributed by atoms with Crippen LogP contribution in [0.3, 0.4) is 0 Å². The Balaban J connectivity index is 1.78. The van der Waals surface area contributed by atoms with E-state index < -0.39 is 0 Å². The molecule has 5 nitrogen and oxygen atoms in total. The molecule has 1 fully saturated rings. The molecule has 160 valence electrons. The Labute approximate surface area is 181 Å². The second-order valence-electron chi connectivity index (χ2n) is 7.89. The van der Waals surface area contributed by atoms with Crippen LogP contribution in [-0.2, 0) is 11.3 Å². The smallest absolute Gasteiger partial charge is 0.271 e. The first-order chi connectivity index (χ1) is 14.9. The highest BCUT2D eigenvalue weighted by Crippen LogP contribution is 2.24. The van der Waals surface area contributed by atoms with Gasteiger partial charge in [-0.1, -0.05) is 42.0 Å². The van der Waals surface area contributed by atoms with Crippen LogP contribution in [0.25, 0.3) is 0 Å². The molecule has 6 heteroatoms. The largest absolute Gasteiger partial charge is 0.378 e. The van der Waals surface area contributed by atoms with E-state index in [9.17, 15) is 14.0 Å². The fourth-order valence-electron chi connectivity index (χ4n) is 3.89. The number of nitrogens with zero attached hydrogens (tertiary/aromatic N) is 2. The topological polar surface area (TPSA) is 51.5 Å². The fraction of sp³-hybridized carbons (Fsp3) is 0.280. The third-order valence-corrected chi connectivity index (χ3v) is 5.58. The third kappa shape index (κ3) is 4.44. The quantitative estimate of drug-likeness (QED) is 0.587. The standard InChI is InChI=1S/C25H25FN2O3/c1-17-3-7-20(8-4-17)24(29)22-18(2)15-28(16-19-5-9-21(26)10-6-19)23(22)25(30)27-11-13-31-14-12-27/h3-10,15H,11-14,16H2,1-2H3. The zero-order valence-corrected chi connectivity index (χ0v) is 17.7. The van der Waals surface area contributed by atoms with E-state index in [0.29, 0.717) is 49.7 Å². The van der Waals surface area contributed by atoms with Gasteiger partial charge in [-0.2, -0.15) is 0 Å². The van der Waals surface area contributed by atoms with Crippen molar-refractivity contribution in [2.24, 2.45) is 0 Å². The number of halogens is 1. The lowest BCUT2D eigenvalue weighted by atomic mass is 9.99. The lowest BCUT2D eigenvalue weighted by Crippen LogP contribution is -2.42. The van der Waals surface area contributed by atoms with E-state index in [1.807, 2.05) is 36.7 Å². The summed E-state index contributed by atoms with van der Waals surface area (Å²) in [7, 11) is 0. The van der Waals surface area contributed by atoms with Gasteiger partial charge in [0.15, 0.2) is 5.78 Å². The predicted octanol–water partition coefficient (Wildman–Crippen LogP) is 4.00. The van der Waals surface area contributed by atoms with Gasteiger partial charge in [0, 0.05) is 31.4 Å². The van der Waals surface area contributed by atoms with Crippen molar-refractivity contribution in [1.29, 1.82) is 0 Å². The van der Waals surface area contributed by atoms with Crippen molar-refractivity contribution < 1.29 is 18.7 Å². The van der Waals surface area contributed by atoms with Gasteiger partial charge in [-0.15, -0.1) is 0 Å². The molecule has 0 atom stereocenters. The molecule has 0 saturated carbocycles. The van der Waals surface area contributed by atoms with Gasteiger partial charge in [0.1, 0.15) is 11.5 Å². The van der Waals surface area contributed by atoms with Crippen molar-refractivity contribution in [2.45, 2.75) is 20.4 Å². The van der Waals surface area contributed by atoms with Gasteiger partial charge in [-0.05, 0) is 37.1 Å². The average Bonchev–Trinajstić information content (AvgIpc) is 3.11. The third-order valence-electron chi connectivity index (χ3n) is 5.58. The second kappa shape index (κ2) is 8.86. The van der Waals surface area contributed by atoms with Gasteiger partial charge in [0.2, 0.25) is 0 Å². The molecule has 0 radical (unpaired) electrons. The second-order valence-corrected chi connectivity index (χ2v) is 7.89. The van der Waals surface area contributed by atoms with Crippen LogP contribution in [0.15, 0.2) is 54.7 Å². The Hall–Kier alpha value is -3.25. The van der Waals surface area contributed by atoms with Crippen molar-refractivity contribution in [3.8, 4) is 0 Å². The van der Waals surface area contributed by atoms with Gasteiger partial charge in [-0.3, -0.25) is 9.59 Å². The molecule has 4 rings (SSSR count). The summed E-state index contributed by atoms with van der Waals surface area (Å²) in [6.07, 6.45) is 1.83. The Morgan fingerprint density at radius 3 is 2.26 bits per heavy atom. The van der Waals surface area contributed by atoms with Crippen molar-refractivity contribution >= 4 is 11.7 Å². The molecule has 1 aliphatic heterocycles. The number of aromatic nitrogens is 1. The molecule has 1 aromatic heterocycles. The first-order valence-electron chi connectivity index (χ1n) is 10.4. The predicted molar refractivity (Wildman–Crippen MR) is 116 cm³/mol. The zero-order chi connectivity index (χ0) is 22.0. The molecule has 0 aliphatic carbocycles. The maximum absolute atomic E-state index is 13.5. The van der Waals surface area contributed by atoms with Crippen LogP contribution in [0.2, 0.25) is 0 Å². The SMILES string of the molecule is Cc1ccc(C(=O)c2c(C)cn(Cc3ccc(F)cc3)c2C(=O)N2CCOCC2)cc1. The van der Waals surface area contributed by atoms with Crippen LogP contribution in [0.1, 0.15) is 43.1 Å². The molecule has 0 spiro atoms. The number of carbonyl (C=O) groups is 2. The monoisotopic (exact) mass is 420 g/mol. The molecule has 0 N–H and O–H groups in total. The molecule has 1 saturated heterocycles. The number of hydrogen-bond donors (Lipinski definition) is 0. The molecule has 1 amide bonds. The van der Waals surface area contributed by atoms with Gasteiger partial charge >= 0.3 is 0 Å². The number of ketones is 1. The Bertz CT molecular complexity index is 1100. The van der Waals surface area contributed by atoms with Crippen molar-refractivity contribution in [1.82, 2.24) is 9.47 Å². The normalized spacial score (nSPS) is 14.0. The number of hydrogen-bond acceptors (Lipinski definition) is 3. The van der Waals surface area contributed by atoms with E-state index >= 15 is 0 Å². The summed E-state index contributed by atoms with van der Waals surface area (Å²) in [6, 6.07) is 13.5. The Morgan fingerprint density at radius 1 is 0.968 bits per heavy atom. The number of rotatable bonds is 5. The van der Waals surface area contributed by atoms with Crippen LogP contribution in [0.5, 0.6) is 0 Å². The molecular weight excluding hydrogens is 395 g/mol. The zero-order valence-electron chi connectivity index (χ0n) is 17.7. The number of ether oxygens (including phenoxy) is 1. The number of benzene rings is 2. The lowest BCUT2D eigenvalue weighted by molar-refractivity contribution is 0.0295. The van der Waals surface area contributed by atoms with Crippen molar-refractivity contribution in [2.75, 3.05) is 26.3 Å². The van der Waals surface area contributed by atoms with Crippen LogP contribution in [-0.4, -0.2) is 47.5 Å². The average molecular weight is 420 g/mol. The van der Waals surface area contributed by atoms with E-state index in [-0.39, 0.29) is 17.5 Å². The summed E-state index contributed by atoms with van der Waals surface area (Å²) in [5.74, 6) is -0.673. The number of aryl methyl sites for hydroxylation is 2. The van der Waals surface area contributed by atoms with E-state index in [1.54, 1.807) is 29.2 Å². The minimum Gasteiger partial charge on any atom is -0.378 e. The fourth-order valence-corrected chi connectivity index (χ4v) is 3.89. The summed E-state index contributed by atoms with van der Waals surface area (Å²) in [6.45, 7) is 6.10. The van der Waals surface area contributed by atoms with Gasteiger partial charge < -0.3 is 14.2 Å². The van der Waals surface area contributed by atoms with Crippen LogP contribution in [0.4, 0.5) is 4.39 Å². The van der Waals surface area contributed by atoms with E-state index in [2.05, 4.69) is 0 Å². The van der Waals surface area contributed by atoms with E-state index in [4.69, 9.17) is 4.74 Å². The summed E-state index contributed by atoms with van der Waals surface area (Å²) in [5.41, 5.74) is 3.99. The molecule has 2 heterocycles. The Morgan fingerprint density at radius 2 is 1.61 bits per heavy atom. The molecule has 31 heavy (non-hydrogen) atoms. The highest BCUT2D eigenvalue weighted by molar-refractivity contribution is 6.15. The summed E-state index contributed by atoms with van der Waals surface area (Å²) >= 11 is 0. The van der Waals surface area contributed by atoms with E-state index in [1.165, 1.54) is 12.1 Å². The highest BCUT2D eigenvalue weighted by atomic mass is 19.1. The maximum atomic E-state index is 13.5. The van der Waals surface area contributed by atoms with Gasteiger partial charge in [0.05, 0.1) is 18.8 Å². The molecule has 2 aromatic carbocycles. The van der Waals surface area contributed by atoms with Gasteiger partial charge in [-0.25, -0.2) is 4.39 Å². The van der Waals surface area contributed by atoms with Crippen LogP contribution >= 0.6 is 0 Å². The van der Waals surface area contributed by atoms with Gasteiger partial charge in [0.25, 0.3) is 5.91 Å². The molecular formula is C25H25FN2O3. The first kappa shape index (κ1) is 21.0. The Kier molecular flexibility index (Phi) is 6.00. The first-order valence-corrected chi connectivity index (χ1v) is 10.4. The maximum Gasteiger partial charge on any atom is 0.271 e. The van der Waals surface area contributed by atoms with Crippen molar-refractivity contribution in [3.05, 3.63) is 94.1 Å².